The molecule has 2 aromatic carbocycles. The van der Waals surface area contributed by atoms with Crippen molar-refractivity contribution < 1.29 is 43.4 Å². The van der Waals surface area contributed by atoms with E-state index in [1.807, 2.05) is 60.7 Å². The Hall–Kier alpha value is -1.62. The van der Waals surface area contributed by atoms with Crippen LogP contribution in [0.3, 0.4) is 0 Å². The first kappa shape index (κ1) is 24.4. The van der Waals surface area contributed by atoms with Crippen molar-refractivity contribution >= 4 is 35.4 Å². The van der Waals surface area contributed by atoms with Gasteiger partial charge in [0, 0.05) is 5.02 Å². The Labute approximate surface area is 182 Å². The van der Waals surface area contributed by atoms with Crippen LogP contribution in [0.15, 0.2) is 82.8 Å². The topological polar surface area (TPSA) is 37.6 Å². The molecule has 1 aromatic heterocycles. The van der Waals surface area contributed by atoms with E-state index in [4.69, 9.17) is 11.6 Å². The predicted octanol–water partition coefficient (Wildman–Crippen LogP) is -0.758. The van der Waals surface area contributed by atoms with Gasteiger partial charge in [-0.3, -0.25) is 9.98 Å². The van der Waals surface area contributed by atoms with Gasteiger partial charge in [0.15, 0.2) is 0 Å². The van der Waals surface area contributed by atoms with Crippen LogP contribution in [0.2, 0.25) is 5.02 Å². The fraction of sp³-hybridized carbons (Fsp3) is 0. The van der Waals surface area contributed by atoms with Crippen LogP contribution in [0.5, 0.6) is 0 Å². The van der Waals surface area contributed by atoms with Crippen LogP contribution in [0.4, 0.5) is 11.4 Å². The molecule has 0 amide bonds. The van der Waals surface area contributed by atoms with E-state index >= 15 is 0 Å². The third kappa shape index (κ3) is 7.73. The number of aromatic nitrogens is 1. The molecule has 0 aliphatic rings. The largest absolute Gasteiger partial charge is 2.00 e. The molecule has 7 heteroatoms. The van der Waals surface area contributed by atoms with Crippen molar-refractivity contribution in [1.82, 2.24) is 4.98 Å². The van der Waals surface area contributed by atoms with E-state index in [2.05, 4.69) is 15.0 Å². The van der Waals surface area contributed by atoms with E-state index in [0.717, 1.165) is 11.4 Å². The van der Waals surface area contributed by atoms with E-state index in [-0.39, 0.29) is 43.4 Å². The van der Waals surface area contributed by atoms with Gasteiger partial charge in [-0.25, -0.2) is 4.98 Å². The molecule has 1 heterocycles. The third-order valence-electron chi connectivity index (χ3n) is 3.03. The van der Waals surface area contributed by atoms with Crippen molar-refractivity contribution in [2.75, 3.05) is 0 Å². The van der Waals surface area contributed by atoms with Crippen molar-refractivity contribution in [3.8, 4) is 0 Å². The molecule has 0 saturated carbocycles. The fourth-order valence-electron chi connectivity index (χ4n) is 1.98. The Morgan fingerprint density at radius 1 is 0.692 bits per heavy atom. The van der Waals surface area contributed by atoms with E-state index in [9.17, 15) is 0 Å². The Balaban J connectivity index is 0.00000208. The van der Waals surface area contributed by atoms with E-state index in [0.29, 0.717) is 16.4 Å². The molecule has 26 heavy (non-hydrogen) atoms. The van der Waals surface area contributed by atoms with Crippen molar-refractivity contribution in [2.24, 2.45) is 9.98 Å². The Morgan fingerprint density at radius 2 is 1.08 bits per heavy atom. The second kappa shape index (κ2) is 12.7. The molecule has 0 fully saturated rings. The van der Waals surface area contributed by atoms with Crippen LogP contribution in [-0.4, -0.2) is 17.4 Å². The van der Waals surface area contributed by atoms with Crippen molar-refractivity contribution in [3.05, 3.63) is 89.2 Å². The average Bonchev–Trinajstić information content (AvgIpc) is 2.60. The van der Waals surface area contributed by atoms with Gasteiger partial charge in [0.2, 0.25) is 0 Å². The molecule has 0 aliphatic carbocycles. The van der Waals surface area contributed by atoms with Crippen molar-refractivity contribution in [3.63, 3.8) is 0 Å². The van der Waals surface area contributed by atoms with Gasteiger partial charge in [0.25, 0.3) is 0 Å². The summed E-state index contributed by atoms with van der Waals surface area (Å²) < 4.78 is 0. The van der Waals surface area contributed by atoms with E-state index in [1.165, 1.54) is 0 Å². The Morgan fingerprint density at radius 3 is 1.46 bits per heavy atom. The summed E-state index contributed by atoms with van der Waals surface area (Å²) in [6.07, 6.45) is 3.39. The summed E-state index contributed by atoms with van der Waals surface area (Å²) >= 11 is 6.15. The summed E-state index contributed by atoms with van der Waals surface area (Å²) in [7, 11) is 0. The SMILES string of the molecule is Clc1cc(C=Nc2ccccc2)nc(C=Nc2ccccc2)c1.[Cl-].[Cl-].[V+2]. The number of nitrogens with zero attached hydrogens (tertiary/aromatic N) is 3. The minimum atomic E-state index is 0. The number of rotatable bonds is 4. The molecule has 1 radical (unpaired) electrons. The minimum absolute atomic E-state index is 0. The van der Waals surface area contributed by atoms with Crippen LogP contribution in [-0.2, 0) is 18.6 Å². The van der Waals surface area contributed by atoms with Gasteiger partial charge in [-0.1, -0.05) is 48.0 Å². The quantitative estimate of drug-likeness (QED) is 0.491. The number of halogens is 3. The Bertz CT molecular complexity index is 773. The second-order valence-corrected chi connectivity index (χ2v) is 5.26. The standard InChI is InChI=1S/C19H14ClN3.2ClH.V/c20-15-11-18(13-21-16-7-3-1-4-8-16)23-19(12-15)14-22-17-9-5-2-6-10-17;;;/h1-14H;2*1H;/q;;;+2/p-2. The van der Waals surface area contributed by atoms with Crippen LogP contribution >= 0.6 is 11.6 Å². The van der Waals surface area contributed by atoms with Crippen LogP contribution in [0.25, 0.3) is 0 Å². The van der Waals surface area contributed by atoms with Gasteiger partial charge in [0.05, 0.1) is 35.2 Å². The van der Waals surface area contributed by atoms with Crippen molar-refractivity contribution in [2.45, 2.75) is 0 Å². The molecule has 0 unspecified atom stereocenters. The molecule has 0 aliphatic heterocycles. The molecule has 131 valence electrons. The smallest absolute Gasteiger partial charge is 1.00 e. The van der Waals surface area contributed by atoms with Gasteiger partial charge < -0.3 is 24.8 Å². The molecule has 0 N–H and O–H groups in total. The number of hydrogen-bond donors (Lipinski definition) is 0. The molecule has 3 aromatic rings. The first-order valence-corrected chi connectivity index (χ1v) is 7.53. The molecule has 0 bridgehead atoms. The summed E-state index contributed by atoms with van der Waals surface area (Å²) in [6, 6.07) is 22.9. The molecule has 0 atom stereocenters. The maximum atomic E-state index is 6.15. The zero-order valence-corrected chi connectivity index (χ0v) is 17.2. The zero-order chi connectivity index (χ0) is 15.9. The van der Waals surface area contributed by atoms with Gasteiger partial charge in [-0.2, -0.15) is 0 Å². The maximum Gasteiger partial charge on any atom is 2.00 e. The van der Waals surface area contributed by atoms with Crippen LogP contribution in [0.1, 0.15) is 11.4 Å². The number of hydrogen-bond acceptors (Lipinski definition) is 3. The minimum Gasteiger partial charge on any atom is -1.00 e. The van der Waals surface area contributed by atoms with Gasteiger partial charge in [-0.05, 0) is 36.4 Å². The molecule has 0 saturated heterocycles. The van der Waals surface area contributed by atoms with E-state index in [1.54, 1.807) is 24.6 Å². The van der Waals surface area contributed by atoms with Crippen LogP contribution in [0, 0.1) is 0 Å². The monoisotopic (exact) mass is 440 g/mol. The molecule has 3 nitrogen and oxygen atoms in total. The normalized spacial score (nSPS) is 10.0. The number of para-hydroxylation sites is 2. The van der Waals surface area contributed by atoms with E-state index < -0.39 is 0 Å². The van der Waals surface area contributed by atoms with Crippen molar-refractivity contribution in [1.29, 1.82) is 0 Å². The predicted molar refractivity (Wildman–Crippen MR) is 96.6 cm³/mol. The first-order valence-electron chi connectivity index (χ1n) is 7.15. The molecular weight excluding hydrogens is 428 g/mol. The average molecular weight is 442 g/mol. The molecule has 3 rings (SSSR count). The van der Waals surface area contributed by atoms with Gasteiger partial charge in [0.1, 0.15) is 0 Å². The summed E-state index contributed by atoms with van der Waals surface area (Å²) in [5, 5.41) is 0.601. The maximum absolute atomic E-state index is 6.15. The first-order chi connectivity index (χ1) is 11.3. The molecular formula is C19H14Cl3N3V. The summed E-state index contributed by atoms with van der Waals surface area (Å²) in [5.41, 5.74) is 3.12. The van der Waals surface area contributed by atoms with Crippen LogP contribution < -0.4 is 24.8 Å². The summed E-state index contributed by atoms with van der Waals surface area (Å²) in [5.74, 6) is 0. The van der Waals surface area contributed by atoms with Gasteiger partial charge in [-0.15, -0.1) is 0 Å². The summed E-state index contributed by atoms with van der Waals surface area (Å²) in [6.45, 7) is 0. The molecule has 0 spiro atoms. The number of benzene rings is 2. The Kier molecular flexibility index (Phi) is 11.9. The second-order valence-electron chi connectivity index (χ2n) is 4.82. The third-order valence-corrected chi connectivity index (χ3v) is 3.25. The fourth-order valence-corrected chi connectivity index (χ4v) is 2.20. The zero-order valence-electron chi connectivity index (χ0n) is 13.5. The van der Waals surface area contributed by atoms with Gasteiger partial charge >= 0.3 is 18.6 Å². The summed E-state index contributed by atoms with van der Waals surface area (Å²) in [4.78, 5) is 13.3. The number of aliphatic imine (C=N–C) groups is 2. The number of pyridine rings is 1.